The van der Waals surface area contributed by atoms with E-state index in [9.17, 15) is 0 Å². The first kappa shape index (κ1) is 14.6. The molecule has 64 valence electrons. The van der Waals surface area contributed by atoms with Gasteiger partial charge in [0.2, 0.25) is 0 Å². The molecule has 0 saturated heterocycles. The van der Waals surface area contributed by atoms with Crippen molar-refractivity contribution >= 4 is 9.69 Å². The molecule has 0 nitrogen and oxygen atoms in total. The van der Waals surface area contributed by atoms with Gasteiger partial charge in [-0.1, -0.05) is 49.7 Å². The number of rotatable bonds is 1. The molecular formula is C10H15ClZn. The minimum absolute atomic E-state index is 0.847. The molecule has 0 aliphatic heterocycles. The van der Waals surface area contributed by atoms with E-state index in [1.165, 1.54) is 6.42 Å². The van der Waals surface area contributed by atoms with E-state index in [1.54, 1.807) is 0 Å². The molecule has 0 radical (unpaired) electrons. The van der Waals surface area contributed by atoms with Crippen LogP contribution >= 0.6 is 9.69 Å². The molecule has 0 atom stereocenters. The van der Waals surface area contributed by atoms with Gasteiger partial charge in [-0.15, -0.1) is 0 Å². The smallest absolute Gasteiger partial charge is 0.0623 e. The van der Waals surface area contributed by atoms with E-state index < -0.39 is 0 Å². The molecule has 2 heteroatoms. The summed E-state index contributed by atoms with van der Waals surface area (Å²) in [6.07, 6.45) is 2.28. The molecule has 0 aromatic heterocycles. The average molecular weight is 236 g/mol. The third-order valence-electron chi connectivity index (χ3n) is 1.02. The van der Waals surface area contributed by atoms with Gasteiger partial charge in [-0.3, -0.25) is 0 Å². The maximum atomic E-state index is 4.76. The summed E-state index contributed by atoms with van der Waals surface area (Å²) < 4.78 is 0. The van der Waals surface area contributed by atoms with E-state index in [2.05, 4.69) is 13.8 Å². The predicted octanol–water partition coefficient (Wildman–Crippen LogP) is 3.99. The summed E-state index contributed by atoms with van der Waals surface area (Å²) in [5, 5.41) is 0. The molecule has 0 spiro atoms. The largest absolute Gasteiger partial charge is 0.0623 e. The second-order valence-corrected chi connectivity index (χ2v) is 2.01. The van der Waals surface area contributed by atoms with Crippen LogP contribution in [-0.4, -0.2) is 0 Å². The van der Waals surface area contributed by atoms with Crippen LogP contribution < -0.4 is 0 Å². The van der Waals surface area contributed by atoms with Crippen molar-refractivity contribution in [3.05, 3.63) is 43.3 Å². The van der Waals surface area contributed by atoms with E-state index in [0.29, 0.717) is 0 Å². The van der Waals surface area contributed by atoms with Crippen molar-refractivity contribution in [3.63, 3.8) is 0 Å². The van der Waals surface area contributed by atoms with Gasteiger partial charge in [0, 0.05) is 0 Å². The van der Waals surface area contributed by atoms with Gasteiger partial charge in [0.25, 0.3) is 0 Å². The van der Waals surface area contributed by atoms with Gasteiger partial charge in [0.05, 0.1) is 0 Å². The van der Waals surface area contributed by atoms with E-state index >= 15 is 0 Å². The zero-order valence-corrected chi connectivity index (χ0v) is 11.4. The van der Waals surface area contributed by atoms with Crippen molar-refractivity contribution in [2.75, 3.05) is 0 Å². The van der Waals surface area contributed by atoms with Gasteiger partial charge >= 0.3 is 27.0 Å². The molecule has 1 rings (SSSR count). The molecule has 0 saturated carbocycles. The zero-order valence-electron chi connectivity index (χ0n) is 7.67. The summed E-state index contributed by atoms with van der Waals surface area (Å²) in [4.78, 5) is 0. The minimum atomic E-state index is 0.847. The molecule has 12 heavy (non-hydrogen) atoms. The van der Waals surface area contributed by atoms with Gasteiger partial charge in [-0.25, -0.2) is 0 Å². The molecule has 0 bridgehead atoms. The first-order valence-corrected chi connectivity index (χ1v) is 7.87. The zero-order chi connectivity index (χ0) is 9.66. The van der Waals surface area contributed by atoms with Crippen molar-refractivity contribution in [2.45, 2.75) is 19.8 Å². The van der Waals surface area contributed by atoms with Crippen molar-refractivity contribution in [1.29, 1.82) is 0 Å². The summed E-state index contributed by atoms with van der Waals surface area (Å²) in [7, 11) is 4.76. The van der Waals surface area contributed by atoms with Gasteiger partial charge < -0.3 is 6.92 Å². The standard InChI is InChI=1S/C6H6.C4H9.ClH.Zn/c1-2-4-6-5-3-1;1-3-4-2;;/h1-6H;1,3-4H2,2H3;1H;/q;-1;;+2/p-1. The van der Waals surface area contributed by atoms with Gasteiger partial charge in [-0.05, 0) is 0 Å². The fourth-order valence-electron chi connectivity index (χ4n) is 0.385. The topological polar surface area (TPSA) is 0 Å². The molecule has 0 aliphatic carbocycles. The Morgan fingerprint density at radius 1 is 1.00 bits per heavy atom. The molecule has 0 amide bonds. The van der Waals surface area contributed by atoms with E-state index in [-0.39, 0.29) is 0 Å². The minimum Gasteiger partial charge on any atom is -0.0623 e. The second-order valence-electron chi connectivity index (χ2n) is 2.01. The van der Waals surface area contributed by atoms with Crippen LogP contribution in [0.25, 0.3) is 0 Å². The Balaban J connectivity index is 0. The molecule has 0 aliphatic rings. The fraction of sp³-hybridized carbons (Fsp3) is 0.300. The van der Waals surface area contributed by atoms with E-state index in [1.807, 2.05) is 36.4 Å². The van der Waals surface area contributed by atoms with Crippen LogP contribution in [0.4, 0.5) is 0 Å². The van der Waals surface area contributed by atoms with Crippen LogP contribution in [0.1, 0.15) is 19.8 Å². The van der Waals surface area contributed by atoms with Gasteiger partial charge in [0.15, 0.2) is 0 Å². The summed E-state index contributed by atoms with van der Waals surface area (Å²) in [5.41, 5.74) is 0. The summed E-state index contributed by atoms with van der Waals surface area (Å²) in [5.74, 6) is 0. The monoisotopic (exact) mass is 234 g/mol. The SMILES string of the molecule is [CH2-]CCC.[Cl][Zn+].c1ccccc1. The van der Waals surface area contributed by atoms with Crippen molar-refractivity contribution in [2.24, 2.45) is 0 Å². The average Bonchev–Trinajstić information content (AvgIpc) is 2.24. The first-order valence-electron chi connectivity index (χ1n) is 3.97. The third-order valence-corrected chi connectivity index (χ3v) is 1.02. The van der Waals surface area contributed by atoms with Crippen LogP contribution in [0, 0.1) is 6.92 Å². The summed E-state index contributed by atoms with van der Waals surface area (Å²) >= 11 is 0.847. The van der Waals surface area contributed by atoms with Crippen LogP contribution in [0.3, 0.4) is 0 Å². The molecule has 1 aromatic rings. The summed E-state index contributed by atoms with van der Waals surface area (Å²) in [6, 6.07) is 12.0. The van der Waals surface area contributed by atoms with Crippen LogP contribution in [-0.2, 0) is 17.3 Å². The maximum Gasteiger partial charge on any atom is -0.0623 e. The molecule has 0 unspecified atom stereocenters. The normalized spacial score (nSPS) is 7.08. The Labute approximate surface area is 90.1 Å². The Morgan fingerprint density at radius 3 is 1.25 bits per heavy atom. The molecule has 0 fully saturated rings. The Morgan fingerprint density at radius 2 is 1.17 bits per heavy atom. The number of hydrogen-bond acceptors (Lipinski definition) is 0. The van der Waals surface area contributed by atoms with Crippen molar-refractivity contribution in [1.82, 2.24) is 0 Å². The maximum absolute atomic E-state index is 4.76. The second kappa shape index (κ2) is 17.3. The molecule has 1 aromatic carbocycles. The van der Waals surface area contributed by atoms with Crippen molar-refractivity contribution < 1.29 is 17.3 Å². The number of halogens is 1. The number of unbranched alkanes of at least 4 members (excludes halogenated alkanes) is 1. The molecule has 0 N–H and O–H groups in total. The Kier molecular flexibility index (Phi) is 21.1. The van der Waals surface area contributed by atoms with Crippen LogP contribution in [0.15, 0.2) is 36.4 Å². The molecular weight excluding hydrogens is 221 g/mol. The number of benzene rings is 1. The summed E-state index contributed by atoms with van der Waals surface area (Å²) in [6.45, 7) is 5.72. The Bertz CT molecular complexity index is 102. The van der Waals surface area contributed by atoms with E-state index in [0.717, 1.165) is 23.7 Å². The van der Waals surface area contributed by atoms with Crippen LogP contribution in [0.5, 0.6) is 0 Å². The molecule has 0 heterocycles. The van der Waals surface area contributed by atoms with Crippen LogP contribution in [0.2, 0.25) is 0 Å². The van der Waals surface area contributed by atoms with Crippen molar-refractivity contribution in [3.8, 4) is 0 Å². The quantitative estimate of drug-likeness (QED) is 0.510. The first-order chi connectivity index (χ1) is 5.91. The van der Waals surface area contributed by atoms with Gasteiger partial charge in [-0.2, -0.15) is 6.42 Å². The predicted molar refractivity (Wildman–Crippen MR) is 52.6 cm³/mol. The number of hydrogen-bond donors (Lipinski definition) is 0. The Hall–Kier alpha value is 0.133. The van der Waals surface area contributed by atoms with E-state index in [4.69, 9.17) is 9.69 Å². The third kappa shape index (κ3) is 16.6. The van der Waals surface area contributed by atoms with Gasteiger partial charge in [0.1, 0.15) is 0 Å². The fourth-order valence-corrected chi connectivity index (χ4v) is 0.385.